The average molecular weight is 709 g/mol. The Morgan fingerprint density at radius 2 is 0.489 bits per heavy atom. The minimum atomic E-state index is -5.49. The zero-order valence-corrected chi connectivity index (χ0v) is 24.8. The number of halogens is 15. The molecular formula is C30H22BF15P-. The van der Waals surface area contributed by atoms with Gasteiger partial charge < -0.3 is 0 Å². The van der Waals surface area contributed by atoms with Crippen LogP contribution < -0.4 is 16.4 Å². The van der Waals surface area contributed by atoms with Crippen molar-refractivity contribution in [2.75, 3.05) is 0 Å². The number of benzene rings is 3. The summed E-state index contributed by atoms with van der Waals surface area (Å²) in [5.74, 6) is -49.1. The van der Waals surface area contributed by atoms with Crippen molar-refractivity contribution in [2.45, 2.75) is 75.5 Å². The lowest BCUT2D eigenvalue weighted by Gasteiger charge is -2.58. The molecule has 0 aliphatic heterocycles. The molecular weight excluding hydrogens is 687 g/mol. The summed E-state index contributed by atoms with van der Waals surface area (Å²) in [5.41, 5.74) is -9.69. The summed E-state index contributed by atoms with van der Waals surface area (Å²) in [6.45, 7) is 0. The second-order valence-corrected chi connectivity index (χ2v) is 14.9. The largest absolute Gasteiger partial charge is 0.254 e. The van der Waals surface area contributed by atoms with Crippen molar-refractivity contribution in [2.24, 2.45) is 0 Å². The average Bonchev–Trinajstić information content (AvgIpc) is 3.07. The smallest absolute Gasteiger partial charge is 0.200 e. The Morgan fingerprint density at radius 3 is 0.702 bits per heavy atom. The van der Waals surface area contributed by atoms with Crippen molar-refractivity contribution < 1.29 is 65.9 Å². The van der Waals surface area contributed by atoms with Gasteiger partial charge in [-0.2, -0.15) is 0 Å². The topological polar surface area (TPSA) is 0 Å². The first kappa shape index (κ1) is 35.4. The highest BCUT2D eigenvalue weighted by Gasteiger charge is 2.54. The Balaban J connectivity index is 2.20. The first-order chi connectivity index (χ1) is 22.1. The summed E-state index contributed by atoms with van der Waals surface area (Å²) in [5, 5.41) is 0. The van der Waals surface area contributed by atoms with E-state index in [1.807, 2.05) is 0 Å². The van der Waals surface area contributed by atoms with Gasteiger partial charge in [-0.05, 0) is 25.7 Å². The van der Waals surface area contributed by atoms with Gasteiger partial charge in [0, 0.05) is 0 Å². The molecule has 0 heterocycles. The zero-order valence-electron chi connectivity index (χ0n) is 23.9. The molecule has 0 N–H and O–H groups in total. The SMILES string of the molecule is Fc1c(F)c(F)c([B-](c2c(F)c(F)c(F)c(F)c2F)(c2c(F)c(F)c(F)c(F)c2F)P(C2CCCCC2)C2CCCCC2)c(F)c1F. The number of hydrogen-bond acceptors (Lipinski definition) is 0. The van der Waals surface area contributed by atoms with E-state index in [-0.39, 0.29) is 51.4 Å². The Hall–Kier alpha value is -2.90. The zero-order chi connectivity index (χ0) is 34.7. The lowest BCUT2D eigenvalue weighted by molar-refractivity contribution is 0.380. The van der Waals surface area contributed by atoms with Crippen LogP contribution in [0.3, 0.4) is 0 Å². The van der Waals surface area contributed by atoms with E-state index in [9.17, 15) is 13.2 Å². The van der Waals surface area contributed by atoms with Crippen LogP contribution in [-0.4, -0.2) is 17.2 Å². The summed E-state index contributed by atoms with van der Waals surface area (Å²) < 4.78 is 230. The van der Waals surface area contributed by atoms with Gasteiger partial charge in [0.05, 0.1) is 0 Å². The maximum absolute atomic E-state index is 16.1. The molecule has 0 radical (unpaired) electrons. The Kier molecular flexibility index (Phi) is 9.94. The normalized spacial score (nSPS) is 16.9. The Morgan fingerprint density at radius 1 is 0.298 bits per heavy atom. The summed E-state index contributed by atoms with van der Waals surface area (Å²) in [4.78, 5) is 0. The van der Waals surface area contributed by atoms with E-state index in [1.165, 1.54) is 0 Å². The molecule has 0 bridgehead atoms. The fourth-order valence-corrected chi connectivity index (χ4v) is 12.9. The molecule has 3 aromatic rings. The van der Waals surface area contributed by atoms with Crippen molar-refractivity contribution in [3.63, 3.8) is 0 Å². The van der Waals surface area contributed by atoms with Crippen LogP contribution in [0, 0.1) is 87.3 Å². The van der Waals surface area contributed by atoms with E-state index in [2.05, 4.69) is 0 Å². The highest BCUT2D eigenvalue weighted by molar-refractivity contribution is 8.02. The molecule has 0 unspecified atom stereocenters. The van der Waals surface area contributed by atoms with E-state index in [0.29, 0.717) is 12.8 Å². The third-order valence-electron chi connectivity index (χ3n) is 9.42. The Labute approximate surface area is 259 Å². The van der Waals surface area contributed by atoms with Crippen LogP contribution in [0.4, 0.5) is 65.9 Å². The molecule has 0 nitrogen and oxygen atoms in total. The van der Waals surface area contributed by atoms with Gasteiger partial charge in [0.1, 0.15) is 40.8 Å². The van der Waals surface area contributed by atoms with Crippen LogP contribution in [0.1, 0.15) is 64.2 Å². The molecule has 47 heavy (non-hydrogen) atoms. The van der Waals surface area contributed by atoms with E-state index >= 15 is 52.7 Å². The molecule has 256 valence electrons. The van der Waals surface area contributed by atoms with Crippen molar-refractivity contribution in [1.82, 2.24) is 0 Å². The van der Waals surface area contributed by atoms with Crippen LogP contribution >= 0.6 is 7.80 Å². The van der Waals surface area contributed by atoms with Crippen LogP contribution in [0.15, 0.2) is 0 Å². The molecule has 2 aliphatic carbocycles. The lowest BCUT2D eigenvalue weighted by atomic mass is 9.33. The first-order valence-corrected chi connectivity index (χ1v) is 16.2. The molecule has 17 heteroatoms. The molecule has 3 aromatic carbocycles. The molecule has 5 rings (SSSR count). The molecule has 2 fully saturated rings. The minimum absolute atomic E-state index is 0.0914. The van der Waals surface area contributed by atoms with Crippen molar-refractivity contribution in [3.8, 4) is 0 Å². The standard InChI is InChI=1S/C30H22BF15P/c32-16-13(17(33)23(39)28(44)22(16)38)31(14-18(34)24(40)29(45)25(41)19(14)35,15-20(36)26(42)30(46)27(43)21(15)37)47(11-7-3-1-4-8-11)12-9-5-2-6-10-12/h11-12H,1-10H2/q-1. The first-order valence-electron chi connectivity index (χ1n) is 14.6. The highest BCUT2D eigenvalue weighted by atomic mass is 31.1. The minimum Gasteiger partial charge on any atom is -0.254 e. The van der Waals surface area contributed by atoms with Gasteiger partial charge in [0.2, 0.25) is 0 Å². The fraction of sp³-hybridized carbons (Fsp3) is 0.400. The molecule has 0 saturated heterocycles. The van der Waals surface area contributed by atoms with Gasteiger partial charge in [-0.15, -0.1) is 16.4 Å². The van der Waals surface area contributed by atoms with E-state index in [4.69, 9.17) is 0 Å². The second-order valence-electron chi connectivity index (χ2n) is 11.8. The van der Waals surface area contributed by atoms with Crippen molar-refractivity contribution >= 4 is 30.1 Å². The maximum atomic E-state index is 16.1. The van der Waals surface area contributed by atoms with Crippen molar-refractivity contribution in [1.29, 1.82) is 0 Å². The van der Waals surface area contributed by atoms with E-state index < -0.39 is 129 Å². The van der Waals surface area contributed by atoms with Crippen LogP contribution in [0.2, 0.25) is 0 Å². The van der Waals surface area contributed by atoms with E-state index in [0.717, 1.165) is 0 Å². The number of rotatable bonds is 6. The Bertz CT molecular complexity index is 1460. The molecule has 0 amide bonds. The quantitative estimate of drug-likeness (QED) is 0.0790. The lowest BCUT2D eigenvalue weighted by Crippen LogP contribution is -2.73. The van der Waals surface area contributed by atoms with Gasteiger partial charge in [0.15, 0.2) is 52.4 Å². The fourth-order valence-electron chi connectivity index (χ4n) is 7.54. The summed E-state index contributed by atoms with van der Waals surface area (Å²) in [7, 11) is -3.22. The predicted octanol–water partition coefficient (Wildman–Crippen LogP) is 8.89. The predicted molar refractivity (Wildman–Crippen MR) is 144 cm³/mol. The van der Waals surface area contributed by atoms with Gasteiger partial charge in [0.25, 0.3) is 0 Å². The molecule has 2 saturated carbocycles. The van der Waals surface area contributed by atoms with Gasteiger partial charge in [-0.1, -0.05) is 49.8 Å². The third kappa shape index (κ3) is 5.31. The summed E-state index contributed by atoms with van der Waals surface area (Å²) >= 11 is 0. The number of hydrogen-bond donors (Lipinski definition) is 0. The second kappa shape index (κ2) is 13.2. The summed E-state index contributed by atoms with van der Waals surface area (Å²) in [6.07, 6.45) is 1.49. The molecule has 2 aliphatic rings. The molecule has 0 aromatic heterocycles. The summed E-state index contributed by atoms with van der Waals surface area (Å²) in [6, 6.07) is 0. The van der Waals surface area contributed by atoms with Crippen LogP contribution in [0.25, 0.3) is 0 Å². The third-order valence-corrected chi connectivity index (χ3v) is 13.8. The monoisotopic (exact) mass is 709 g/mol. The van der Waals surface area contributed by atoms with Crippen LogP contribution in [0.5, 0.6) is 0 Å². The van der Waals surface area contributed by atoms with Crippen LogP contribution in [-0.2, 0) is 0 Å². The van der Waals surface area contributed by atoms with Gasteiger partial charge >= 0.3 is 0 Å². The molecule has 0 spiro atoms. The van der Waals surface area contributed by atoms with E-state index in [1.54, 1.807) is 0 Å². The van der Waals surface area contributed by atoms with Gasteiger partial charge in [-0.25, -0.2) is 65.9 Å². The van der Waals surface area contributed by atoms with Crippen molar-refractivity contribution in [3.05, 3.63) is 87.3 Å². The van der Waals surface area contributed by atoms with Gasteiger partial charge in [-0.3, -0.25) is 7.80 Å². The highest BCUT2D eigenvalue weighted by Crippen LogP contribution is 2.62. The maximum Gasteiger partial charge on any atom is 0.200 e. The molecule has 0 atom stereocenters.